The maximum Gasteiger partial charge on any atom is 0.243 e. The van der Waals surface area contributed by atoms with Gasteiger partial charge in [-0.2, -0.15) is 4.31 Å². The van der Waals surface area contributed by atoms with Crippen molar-refractivity contribution >= 4 is 21.4 Å². The van der Waals surface area contributed by atoms with Crippen LogP contribution in [0.5, 0.6) is 0 Å². The first-order valence-electron chi connectivity index (χ1n) is 11.8. The molecule has 1 unspecified atom stereocenters. The van der Waals surface area contributed by atoms with E-state index >= 15 is 0 Å². The maximum atomic E-state index is 13.2. The molecule has 0 saturated carbocycles. The van der Waals surface area contributed by atoms with E-state index in [-0.39, 0.29) is 6.10 Å². The molecular formula is C25H35N3O4S. The molecule has 0 bridgehead atoms. The molecule has 8 heteroatoms. The van der Waals surface area contributed by atoms with Gasteiger partial charge in [-0.15, -0.1) is 0 Å². The zero-order chi connectivity index (χ0) is 23.3. The van der Waals surface area contributed by atoms with Crippen molar-refractivity contribution < 1.29 is 17.9 Å². The van der Waals surface area contributed by atoms with Crippen LogP contribution in [0.2, 0.25) is 0 Å². The SMILES string of the molecule is CC(C)c1ccc(CNc2cc(S(=O)(=O)N3CCOCC3)ccc2NCC2CCCO2)cc1. The molecule has 2 heterocycles. The summed E-state index contributed by atoms with van der Waals surface area (Å²) >= 11 is 0. The van der Waals surface area contributed by atoms with E-state index in [0.29, 0.717) is 50.2 Å². The van der Waals surface area contributed by atoms with E-state index in [1.54, 1.807) is 12.1 Å². The Morgan fingerprint density at radius 1 is 1.00 bits per heavy atom. The minimum atomic E-state index is -3.57. The van der Waals surface area contributed by atoms with Crippen molar-refractivity contribution in [2.24, 2.45) is 0 Å². The number of hydrogen-bond donors (Lipinski definition) is 2. The Labute approximate surface area is 197 Å². The molecule has 7 nitrogen and oxygen atoms in total. The van der Waals surface area contributed by atoms with E-state index in [1.165, 1.54) is 9.87 Å². The Balaban J connectivity index is 1.54. The van der Waals surface area contributed by atoms with Gasteiger partial charge in [-0.1, -0.05) is 38.1 Å². The molecule has 0 radical (unpaired) electrons. The summed E-state index contributed by atoms with van der Waals surface area (Å²) in [5.41, 5.74) is 4.10. The van der Waals surface area contributed by atoms with Crippen LogP contribution in [-0.2, 0) is 26.0 Å². The zero-order valence-corrected chi connectivity index (χ0v) is 20.4. The van der Waals surface area contributed by atoms with Crippen LogP contribution in [0, 0.1) is 0 Å². The van der Waals surface area contributed by atoms with Gasteiger partial charge < -0.3 is 20.1 Å². The highest BCUT2D eigenvalue weighted by atomic mass is 32.2. The maximum absolute atomic E-state index is 13.2. The van der Waals surface area contributed by atoms with E-state index in [1.807, 2.05) is 6.07 Å². The molecule has 2 aromatic rings. The summed E-state index contributed by atoms with van der Waals surface area (Å²) in [6, 6.07) is 13.8. The molecule has 2 fully saturated rings. The van der Waals surface area contributed by atoms with Gasteiger partial charge in [0.15, 0.2) is 0 Å². The fourth-order valence-electron chi connectivity index (χ4n) is 4.17. The fraction of sp³-hybridized carbons (Fsp3) is 0.520. The van der Waals surface area contributed by atoms with Crippen LogP contribution in [0.1, 0.15) is 43.7 Å². The van der Waals surface area contributed by atoms with Gasteiger partial charge in [0.05, 0.1) is 35.6 Å². The van der Waals surface area contributed by atoms with Gasteiger partial charge in [0.1, 0.15) is 0 Å². The lowest BCUT2D eigenvalue weighted by Gasteiger charge is -2.26. The van der Waals surface area contributed by atoms with Gasteiger partial charge in [-0.05, 0) is 48.1 Å². The summed E-state index contributed by atoms with van der Waals surface area (Å²) < 4.78 is 38.9. The van der Waals surface area contributed by atoms with E-state index in [0.717, 1.165) is 36.4 Å². The lowest BCUT2D eigenvalue weighted by molar-refractivity contribution is 0.0730. The third-order valence-corrected chi connectivity index (χ3v) is 8.17. The number of morpholine rings is 1. The second-order valence-corrected chi connectivity index (χ2v) is 10.9. The average Bonchev–Trinajstić information content (AvgIpc) is 3.36. The summed E-state index contributed by atoms with van der Waals surface area (Å²) in [6.07, 6.45) is 2.32. The van der Waals surface area contributed by atoms with Crippen LogP contribution < -0.4 is 10.6 Å². The minimum Gasteiger partial charge on any atom is -0.381 e. The van der Waals surface area contributed by atoms with Gasteiger partial charge in [0, 0.05) is 32.8 Å². The van der Waals surface area contributed by atoms with Crippen molar-refractivity contribution in [2.75, 3.05) is 50.1 Å². The standard InChI is InChI=1S/C25H35N3O4S/c1-19(2)21-7-5-20(6-8-21)17-26-25-16-23(33(29,30)28-11-14-31-15-12-28)9-10-24(25)27-18-22-4-3-13-32-22/h5-10,16,19,22,26-27H,3-4,11-15,17-18H2,1-2H3. The van der Waals surface area contributed by atoms with Gasteiger partial charge in [0.2, 0.25) is 10.0 Å². The van der Waals surface area contributed by atoms with Gasteiger partial charge in [-0.3, -0.25) is 0 Å². The third kappa shape index (κ3) is 6.06. The fourth-order valence-corrected chi connectivity index (χ4v) is 5.60. The molecule has 0 aliphatic carbocycles. The molecule has 0 spiro atoms. The highest BCUT2D eigenvalue weighted by Gasteiger charge is 2.27. The van der Waals surface area contributed by atoms with Crippen molar-refractivity contribution in [3.05, 3.63) is 53.6 Å². The first-order valence-corrected chi connectivity index (χ1v) is 13.3. The summed E-state index contributed by atoms with van der Waals surface area (Å²) in [5.74, 6) is 0.489. The van der Waals surface area contributed by atoms with E-state index in [4.69, 9.17) is 9.47 Å². The Hall–Kier alpha value is -2.13. The lowest BCUT2D eigenvalue weighted by Crippen LogP contribution is -2.40. The molecule has 2 saturated heterocycles. The molecule has 0 amide bonds. The normalized spacial score (nSPS) is 19.7. The summed E-state index contributed by atoms with van der Waals surface area (Å²) in [5, 5.41) is 6.92. The molecule has 0 aromatic heterocycles. The topological polar surface area (TPSA) is 79.9 Å². The Morgan fingerprint density at radius 2 is 1.76 bits per heavy atom. The number of nitrogens with one attached hydrogen (secondary N) is 2. The van der Waals surface area contributed by atoms with Crippen molar-refractivity contribution in [2.45, 2.75) is 50.2 Å². The van der Waals surface area contributed by atoms with Gasteiger partial charge >= 0.3 is 0 Å². The van der Waals surface area contributed by atoms with Crippen molar-refractivity contribution in [1.82, 2.24) is 4.31 Å². The molecule has 4 rings (SSSR count). The van der Waals surface area contributed by atoms with E-state index in [9.17, 15) is 8.42 Å². The molecule has 1 atom stereocenters. The number of benzene rings is 2. The largest absolute Gasteiger partial charge is 0.381 e. The number of nitrogens with zero attached hydrogens (tertiary/aromatic N) is 1. The molecule has 2 aliphatic heterocycles. The lowest BCUT2D eigenvalue weighted by atomic mass is 10.0. The smallest absolute Gasteiger partial charge is 0.243 e. The number of anilines is 2. The second kappa shape index (κ2) is 10.9. The Morgan fingerprint density at radius 3 is 2.42 bits per heavy atom. The Kier molecular flexibility index (Phi) is 7.90. The predicted octanol–water partition coefficient (Wildman–Crippen LogP) is 4.03. The number of ether oxygens (including phenoxy) is 2. The van der Waals surface area contributed by atoms with Crippen LogP contribution in [0.15, 0.2) is 47.4 Å². The van der Waals surface area contributed by atoms with Crippen LogP contribution >= 0.6 is 0 Å². The van der Waals surface area contributed by atoms with Crippen LogP contribution in [-0.4, -0.2) is 58.3 Å². The molecule has 2 aromatic carbocycles. The number of sulfonamides is 1. The monoisotopic (exact) mass is 473 g/mol. The molecule has 2 aliphatic rings. The Bertz CT molecular complexity index is 1010. The van der Waals surface area contributed by atoms with Crippen molar-refractivity contribution in [1.29, 1.82) is 0 Å². The molecule has 2 N–H and O–H groups in total. The first-order chi connectivity index (χ1) is 15.9. The van der Waals surface area contributed by atoms with Crippen LogP contribution in [0.25, 0.3) is 0 Å². The predicted molar refractivity (Wildman–Crippen MR) is 131 cm³/mol. The summed E-state index contributed by atoms with van der Waals surface area (Å²) in [6.45, 7) is 8.09. The zero-order valence-electron chi connectivity index (χ0n) is 19.5. The first kappa shape index (κ1) is 24.0. The molecule has 33 heavy (non-hydrogen) atoms. The van der Waals surface area contributed by atoms with Gasteiger partial charge in [0.25, 0.3) is 0 Å². The molecular weight excluding hydrogens is 438 g/mol. The van der Waals surface area contributed by atoms with Crippen molar-refractivity contribution in [3.63, 3.8) is 0 Å². The third-order valence-electron chi connectivity index (χ3n) is 6.27. The summed E-state index contributed by atoms with van der Waals surface area (Å²) in [7, 11) is -3.57. The van der Waals surface area contributed by atoms with Gasteiger partial charge in [-0.25, -0.2) is 8.42 Å². The van der Waals surface area contributed by atoms with E-state index in [2.05, 4.69) is 48.7 Å². The number of hydrogen-bond acceptors (Lipinski definition) is 6. The number of rotatable bonds is 9. The summed E-state index contributed by atoms with van der Waals surface area (Å²) in [4.78, 5) is 0.296. The highest BCUT2D eigenvalue weighted by Crippen LogP contribution is 2.29. The second-order valence-electron chi connectivity index (χ2n) is 8.99. The molecule has 180 valence electrons. The quantitative estimate of drug-likeness (QED) is 0.572. The minimum absolute atomic E-state index is 0.193. The van der Waals surface area contributed by atoms with Crippen molar-refractivity contribution in [3.8, 4) is 0 Å². The highest BCUT2D eigenvalue weighted by molar-refractivity contribution is 7.89. The van der Waals surface area contributed by atoms with E-state index < -0.39 is 10.0 Å². The average molecular weight is 474 g/mol. The van der Waals surface area contributed by atoms with Crippen LogP contribution in [0.4, 0.5) is 11.4 Å². The van der Waals surface area contributed by atoms with Crippen LogP contribution in [0.3, 0.4) is 0 Å².